The minimum absolute atomic E-state index is 0.0252. The SMILES string of the molecule is O=C1CN(CCCCCS(=O)(=O)N[C@@H]2COc3c2ccc(Cl)c3OCC2CC2)C(=O)N1. The van der Waals surface area contributed by atoms with E-state index >= 15 is 0 Å². The van der Waals surface area contributed by atoms with Gasteiger partial charge in [0.2, 0.25) is 15.9 Å². The average molecular weight is 472 g/mol. The van der Waals surface area contributed by atoms with E-state index in [0.29, 0.717) is 54.9 Å². The first-order valence-corrected chi connectivity index (χ1v) is 12.5. The number of nitrogens with zero attached hydrogens (tertiary/aromatic N) is 1. The molecule has 1 aliphatic carbocycles. The van der Waals surface area contributed by atoms with E-state index in [-0.39, 0.29) is 30.8 Å². The second-order valence-electron chi connectivity index (χ2n) is 8.19. The molecule has 31 heavy (non-hydrogen) atoms. The standard InChI is InChI=1S/C20H26ClN3O6S/c21-15-7-6-14-16(12-30-18(14)19(15)29-11-13-4-5-13)23-31(27,28)9-3-1-2-8-24-10-17(25)22-20(24)26/h6-7,13,16,23H,1-5,8-12H2,(H,22,25,26)/t16-/m1/s1. The molecule has 2 aliphatic heterocycles. The minimum Gasteiger partial charge on any atom is -0.488 e. The lowest BCUT2D eigenvalue weighted by Gasteiger charge is -2.14. The number of carbonyl (C=O) groups is 2. The van der Waals surface area contributed by atoms with Crippen LogP contribution in [0.5, 0.6) is 11.5 Å². The Morgan fingerprint density at radius 2 is 2.03 bits per heavy atom. The van der Waals surface area contributed by atoms with Crippen molar-refractivity contribution in [1.29, 1.82) is 0 Å². The van der Waals surface area contributed by atoms with E-state index in [1.165, 1.54) is 4.90 Å². The number of hydrogen-bond acceptors (Lipinski definition) is 6. The predicted molar refractivity (Wildman–Crippen MR) is 114 cm³/mol. The molecule has 170 valence electrons. The van der Waals surface area contributed by atoms with Crippen molar-refractivity contribution in [2.75, 3.05) is 32.1 Å². The first-order chi connectivity index (χ1) is 14.8. The second kappa shape index (κ2) is 9.22. The van der Waals surface area contributed by atoms with Crippen LogP contribution in [0, 0.1) is 5.92 Å². The van der Waals surface area contributed by atoms with Gasteiger partial charge in [0.1, 0.15) is 13.2 Å². The number of ether oxygens (including phenoxy) is 2. The maximum absolute atomic E-state index is 12.5. The molecule has 2 fully saturated rings. The number of nitrogens with one attached hydrogen (secondary N) is 2. The van der Waals surface area contributed by atoms with E-state index in [1.807, 2.05) is 0 Å². The lowest BCUT2D eigenvalue weighted by molar-refractivity contribution is -0.118. The molecule has 1 aromatic rings. The van der Waals surface area contributed by atoms with Crippen LogP contribution in [0.25, 0.3) is 0 Å². The van der Waals surface area contributed by atoms with E-state index < -0.39 is 16.1 Å². The van der Waals surface area contributed by atoms with Gasteiger partial charge in [0, 0.05) is 12.1 Å². The first kappa shape index (κ1) is 22.2. The zero-order valence-electron chi connectivity index (χ0n) is 17.1. The summed E-state index contributed by atoms with van der Waals surface area (Å²) in [5.41, 5.74) is 0.725. The predicted octanol–water partition coefficient (Wildman–Crippen LogP) is 2.20. The van der Waals surface area contributed by atoms with Crippen LogP contribution in [-0.2, 0) is 14.8 Å². The van der Waals surface area contributed by atoms with Gasteiger partial charge in [-0.1, -0.05) is 24.1 Å². The lowest BCUT2D eigenvalue weighted by Crippen LogP contribution is -2.31. The van der Waals surface area contributed by atoms with Gasteiger partial charge in [-0.05, 0) is 37.7 Å². The number of imide groups is 1. The molecule has 11 heteroatoms. The summed E-state index contributed by atoms with van der Waals surface area (Å²) >= 11 is 6.26. The molecule has 1 atom stereocenters. The van der Waals surface area contributed by atoms with Gasteiger partial charge in [-0.3, -0.25) is 10.1 Å². The highest BCUT2D eigenvalue weighted by Gasteiger charge is 2.32. The van der Waals surface area contributed by atoms with Gasteiger partial charge in [-0.15, -0.1) is 0 Å². The summed E-state index contributed by atoms with van der Waals surface area (Å²) in [5.74, 6) is 1.22. The third kappa shape index (κ3) is 5.61. The molecule has 2 heterocycles. The number of sulfonamides is 1. The molecule has 9 nitrogen and oxygen atoms in total. The molecule has 1 saturated carbocycles. The van der Waals surface area contributed by atoms with Gasteiger partial charge < -0.3 is 14.4 Å². The van der Waals surface area contributed by atoms with Crippen molar-refractivity contribution in [3.8, 4) is 11.5 Å². The van der Waals surface area contributed by atoms with Gasteiger partial charge in [-0.2, -0.15) is 0 Å². The second-order valence-corrected chi connectivity index (χ2v) is 10.5. The highest BCUT2D eigenvalue weighted by atomic mass is 35.5. The van der Waals surface area contributed by atoms with Crippen molar-refractivity contribution in [2.45, 2.75) is 38.1 Å². The monoisotopic (exact) mass is 471 g/mol. The van der Waals surface area contributed by atoms with Crippen molar-refractivity contribution >= 4 is 33.6 Å². The molecule has 0 aromatic heterocycles. The van der Waals surface area contributed by atoms with Crippen LogP contribution >= 0.6 is 11.6 Å². The highest BCUT2D eigenvalue weighted by Crippen LogP contribution is 2.45. The van der Waals surface area contributed by atoms with Gasteiger partial charge in [0.15, 0.2) is 11.5 Å². The Hall–Kier alpha value is -2.04. The summed E-state index contributed by atoms with van der Waals surface area (Å²) in [6, 6.07) is 2.60. The minimum atomic E-state index is -3.52. The molecule has 4 rings (SSSR count). The fraction of sp³-hybridized carbons (Fsp3) is 0.600. The normalized spacial score (nSPS) is 20.5. The van der Waals surface area contributed by atoms with Gasteiger partial charge in [0.25, 0.3) is 0 Å². The van der Waals surface area contributed by atoms with Crippen LogP contribution in [0.15, 0.2) is 12.1 Å². The quantitative estimate of drug-likeness (QED) is 0.378. The number of urea groups is 1. The number of hydrogen-bond donors (Lipinski definition) is 2. The van der Waals surface area contributed by atoms with Crippen LogP contribution < -0.4 is 19.5 Å². The number of rotatable bonds is 11. The number of carbonyl (C=O) groups excluding carboxylic acids is 2. The number of benzene rings is 1. The summed E-state index contributed by atoms with van der Waals surface area (Å²) in [5, 5.41) is 2.67. The van der Waals surface area contributed by atoms with Crippen LogP contribution in [0.1, 0.15) is 43.7 Å². The molecule has 0 spiro atoms. The fourth-order valence-electron chi connectivity index (χ4n) is 3.66. The molecule has 3 amide bonds. The van der Waals surface area contributed by atoms with Crippen LogP contribution in [0.3, 0.4) is 0 Å². The summed E-state index contributed by atoms with van der Waals surface area (Å²) in [6.45, 7) is 1.27. The van der Waals surface area contributed by atoms with Crippen molar-refractivity contribution in [3.63, 3.8) is 0 Å². The van der Waals surface area contributed by atoms with Gasteiger partial charge >= 0.3 is 6.03 Å². The van der Waals surface area contributed by atoms with Crippen molar-refractivity contribution in [3.05, 3.63) is 22.7 Å². The Balaban J connectivity index is 1.26. The first-order valence-electron chi connectivity index (χ1n) is 10.5. The zero-order valence-corrected chi connectivity index (χ0v) is 18.6. The fourth-order valence-corrected chi connectivity index (χ4v) is 5.20. The van der Waals surface area contributed by atoms with Crippen LogP contribution in [0.2, 0.25) is 5.02 Å². The number of fused-ring (bicyclic) bond motifs is 1. The highest BCUT2D eigenvalue weighted by molar-refractivity contribution is 7.89. The Bertz CT molecular complexity index is 966. The molecule has 2 N–H and O–H groups in total. The van der Waals surface area contributed by atoms with Crippen LogP contribution in [-0.4, -0.2) is 57.3 Å². The Kier molecular flexibility index (Phi) is 6.59. The number of unbranched alkanes of at least 4 members (excludes halogenated alkanes) is 2. The largest absolute Gasteiger partial charge is 0.488 e. The molecule has 1 saturated heterocycles. The van der Waals surface area contributed by atoms with E-state index in [0.717, 1.165) is 18.4 Å². The third-order valence-electron chi connectivity index (χ3n) is 5.56. The molecular formula is C20H26ClN3O6S. The zero-order chi connectivity index (χ0) is 22.0. The summed E-state index contributed by atoms with van der Waals surface area (Å²) in [4.78, 5) is 24.1. The molecule has 3 aliphatic rings. The van der Waals surface area contributed by atoms with Gasteiger partial charge in [-0.25, -0.2) is 17.9 Å². The summed E-state index contributed by atoms with van der Waals surface area (Å²) in [7, 11) is -3.52. The van der Waals surface area contributed by atoms with Crippen LogP contribution in [0.4, 0.5) is 4.79 Å². The number of amides is 3. The van der Waals surface area contributed by atoms with E-state index in [1.54, 1.807) is 12.1 Å². The summed E-state index contributed by atoms with van der Waals surface area (Å²) in [6.07, 6.45) is 4.02. The van der Waals surface area contributed by atoms with Crippen molar-refractivity contribution in [2.24, 2.45) is 5.92 Å². The maximum Gasteiger partial charge on any atom is 0.324 e. The van der Waals surface area contributed by atoms with E-state index in [9.17, 15) is 18.0 Å². The Morgan fingerprint density at radius 3 is 2.74 bits per heavy atom. The topological polar surface area (TPSA) is 114 Å². The molecule has 1 aromatic carbocycles. The molecule has 0 bridgehead atoms. The van der Waals surface area contributed by atoms with E-state index in [4.69, 9.17) is 21.1 Å². The Morgan fingerprint density at radius 1 is 1.23 bits per heavy atom. The van der Waals surface area contributed by atoms with Crippen molar-refractivity contribution in [1.82, 2.24) is 14.9 Å². The molecule has 0 unspecified atom stereocenters. The molecular weight excluding hydrogens is 446 g/mol. The smallest absolute Gasteiger partial charge is 0.324 e. The maximum atomic E-state index is 12.5. The Labute approximate surface area is 186 Å². The van der Waals surface area contributed by atoms with Gasteiger partial charge in [0.05, 0.1) is 23.4 Å². The third-order valence-corrected chi connectivity index (χ3v) is 7.32. The van der Waals surface area contributed by atoms with E-state index in [2.05, 4.69) is 10.0 Å². The average Bonchev–Trinajstić information content (AvgIpc) is 3.37. The number of halogens is 1. The lowest BCUT2D eigenvalue weighted by atomic mass is 10.1. The molecule has 0 radical (unpaired) electrons. The summed E-state index contributed by atoms with van der Waals surface area (Å²) < 4.78 is 39.4. The van der Waals surface area contributed by atoms with Crippen molar-refractivity contribution < 1.29 is 27.5 Å².